The second kappa shape index (κ2) is 38.4. The Hall–Kier alpha value is -1.43. The number of nitrogens with zero attached hydrogens (tertiary/aromatic N) is 1. The van der Waals surface area contributed by atoms with E-state index in [4.69, 9.17) is 14.2 Å². The second-order valence-corrected chi connectivity index (χ2v) is 14.0. The normalized spacial score (nSPS) is 12.3. The van der Waals surface area contributed by atoms with Crippen LogP contribution in [-0.2, 0) is 19.0 Å². The molecule has 0 N–H and O–H groups in total. The Morgan fingerprint density at radius 2 is 0.792 bits per heavy atom. The number of likely N-dealkylation sites (N-methyl/N-ethyl adjacent to an activating group) is 1. The SMILES string of the molecule is CC/C=C/CCCCCCCCOCC[N+](C)(CCOCCCCCCCC/C=C/CC)CCOC(=O)CCCCCCC/C=C/CC. The number of hydrogen-bond acceptors (Lipinski definition) is 4. The molecule has 5 heteroatoms. The summed E-state index contributed by atoms with van der Waals surface area (Å²) in [7, 11) is 2.27. The predicted octanol–water partition coefficient (Wildman–Crippen LogP) is 12.1. The van der Waals surface area contributed by atoms with Gasteiger partial charge in [-0.1, -0.05) is 128 Å². The summed E-state index contributed by atoms with van der Waals surface area (Å²) in [5.41, 5.74) is 0. The van der Waals surface area contributed by atoms with Crippen LogP contribution in [0.1, 0.15) is 175 Å². The van der Waals surface area contributed by atoms with Gasteiger partial charge in [0.05, 0.1) is 20.3 Å². The molecule has 0 unspecified atom stereocenters. The van der Waals surface area contributed by atoms with Crippen molar-refractivity contribution in [1.82, 2.24) is 0 Å². The molecule has 0 fully saturated rings. The first-order valence-electron chi connectivity index (χ1n) is 20.7. The van der Waals surface area contributed by atoms with E-state index in [-0.39, 0.29) is 5.97 Å². The molecule has 0 saturated heterocycles. The van der Waals surface area contributed by atoms with Crippen molar-refractivity contribution in [2.24, 2.45) is 0 Å². The van der Waals surface area contributed by atoms with Gasteiger partial charge >= 0.3 is 5.97 Å². The predicted molar refractivity (Wildman–Crippen MR) is 209 cm³/mol. The average molecular weight is 677 g/mol. The van der Waals surface area contributed by atoms with E-state index in [0.29, 0.717) is 13.0 Å². The van der Waals surface area contributed by atoms with Crippen LogP contribution in [0.4, 0.5) is 0 Å². The first-order valence-corrected chi connectivity index (χ1v) is 20.7. The fraction of sp³-hybridized carbons (Fsp3) is 0.837. The standard InChI is InChI=1S/C43H82NO4/c1-5-8-11-14-17-20-23-26-29-32-38-46-40-35-44(4,36-41-47-39-33-30-27-24-21-18-15-12-9-6-2)37-42-48-43(45)34-31-28-25-22-19-16-13-10-7-3/h8-13H,5-7,14-42H2,1-4H3/q+1/b11-8+,12-9+,13-10+. The summed E-state index contributed by atoms with van der Waals surface area (Å²) in [5.74, 6) is -0.0465. The number of esters is 1. The number of quaternary nitrogens is 1. The van der Waals surface area contributed by atoms with Crippen molar-refractivity contribution in [1.29, 1.82) is 0 Å². The van der Waals surface area contributed by atoms with Gasteiger partial charge in [0, 0.05) is 19.6 Å². The fourth-order valence-electron chi connectivity index (χ4n) is 5.82. The van der Waals surface area contributed by atoms with Crippen molar-refractivity contribution in [2.75, 3.05) is 59.7 Å². The van der Waals surface area contributed by atoms with E-state index in [1.54, 1.807) is 0 Å². The summed E-state index contributed by atoms with van der Waals surface area (Å²) in [6.07, 6.45) is 42.5. The topological polar surface area (TPSA) is 44.8 Å². The van der Waals surface area contributed by atoms with Crippen LogP contribution in [0.5, 0.6) is 0 Å². The third kappa shape index (κ3) is 35.9. The minimum absolute atomic E-state index is 0.0465. The zero-order valence-corrected chi connectivity index (χ0v) is 32.7. The molecular formula is C43H82NO4+. The van der Waals surface area contributed by atoms with E-state index in [2.05, 4.69) is 64.3 Å². The summed E-state index contributed by atoms with van der Waals surface area (Å²) >= 11 is 0. The Labute approximate surface area is 299 Å². The number of carbonyl (C=O) groups is 1. The van der Waals surface area contributed by atoms with E-state index in [0.717, 1.165) is 95.5 Å². The highest BCUT2D eigenvalue weighted by atomic mass is 16.5. The van der Waals surface area contributed by atoms with Gasteiger partial charge in [-0.15, -0.1) is 0 Å². The van der Waals surface area contributed by atoms with Gasteiger partial charge in [-0.2, -0.15) is 0 Å². The quantitative estimate of drug-likeness (QED) is 0.0283. The van der Waals surface area contributed by atoms with Gasteiger partial charge in [0.25, 0.3) is 0 Å². The van der Waals surface area contributed by atoms with Gasteiger partial charge in [0.1, 0.15) is 26.2 Å². The molecule has 0 atom stereocenters. The summed E-state index contributed by atoms with van der Waals surface area (Å²) in [5, 5.41) is 0. The highest BCUT2D eigenvalue weighted by Gasteiger charge is 2.22. The third-order valence-electron chi connectivity index (χ3n) is 9.22. The Kier molecular flexibility index (Phi) is 37.2. The molecule has 0 aliphatic rings. The van der Waals surface area contributed by atoms with Crippen LogP contribution in [0.15, 0.2) is 36.5 Å². The summed E-state index contributed by atoms with van der Waals surface area (Å²) in [6, 6.07) is 0. The number of ether oxygens (including phenoxy) is 3. The number of allylic oxidation sites excluding steroid dienone is 6. The Balaban J connectivity index is 4.25. The van der Waals surface area contributed by atoms with Crippen LogP contribution < -0.4 is 0 Å². The first-order chi connectivity index (χ1) is 23.6. The molecule has 0 aromatic carbocycles. The first kappa shape index (κ1) is 46.6. The van der Waals surface area contributed by atoms with E-state index >= 15 is 0 Å². The van der Waals surface area contributed by atoms with Crippen LogP contribution in [-0.4, -0.2) is 70.2 Å². The number of rotatable bonds is 38. The molecule has 282 valence electrons. The molecule has 0 radical (unpaired) electrons. The van der Waals surface area contributed by atoms with E-state index in [9.17, 15) is 4.79 Å². The van der Waals surface area contributed by atoms with Crippen molar-refractivity contribution in [3.8, 4) is 0 Å². The summed E-state index contributed by atoms with van der Waals surface area (Å²) in [6.45, 7) is 12.9. The van der Waals surface area contributed by atoms with E-state index in [1.165, 1.54) is 103 Å². The van der Waals surface area contributed by atoms with Crippen LogP contribution in [0, 0.1) is 0 Å². The molecule has 0 aliphatic heterocycles. The van der Waals surface area contributed by atoms with Crippen molar-refractivity contribution in [3.63, 3.8) is 0 Å². The molecule has 0 saturated carbocycles. The van der Waals surface area contributed by atoms with Gasteiger partial charge in [0.2, 0.25) is 0 Å². The summed E-state index contributed by atoms with van der Waals surface area (Å²) in [4.78, 5) is 12.4. The number of hydrogen-bond donors (Lipinski definition) is 0. The molecule has 0 amide bonds. The smallest absolute Gasteiger partial charge is 0.305 e. The lowest BCUT2D eigenvalue weighted by molar-refractivity contribution is -0.910. The zero-order chi connectivity index (χ0) is 35.1. The lowest BCUT2D eigenvalue weighted by Crippen LogP contribution is -2.50. The molecule has 0 aromatic heterocycles. The maximum Gasteiger partial charge on any atom is 0.305 e. The van der Waals surface area contributed by atoms with Gasteiger partial charge in [-0.25, -0.2) is 0 Å². The van der Waals surface area contributed by atoms with Crippen molar-refractivity contribution in [2.45, 2.75) is 175 Å². The van der Waals surface area contributed by atoms with Crippen LogP contribution in [0.25, 0.3) is 0 Å². The minimum atomic E-state index is -0.0465. The van der Waals surface area contributed by atoms with Crippen molar-refractivity contribution in [3.05, 3.63) is 36.5 Å². The minimum Gasteiger partial charge on any atom is -0.460 e. The van der Waals surface area contributed by atoms with Crippen LogP contribution >= 0.6 is 0 Å². The molecule has 0 aromatic rings. The number of carbonyl (C=O) groups excluding carboxylic acids is 1. The summed E-state index contributed by atoms with van der Waals surface area (Å²) < 4.78 is 18.7. The Morgan fingerprint density at radius 3 is 1.21 bits per heavy atom. The fourth-order valence-corrected chi connectivity index (χ4v) is 5.82. The van der Waals surface area contributed by atoms with E-state index < -0.39 is 0 Å². The zero-order valence-electron chi connectivity index (χ0n) is 32.7. The van der Waals surface area contributed by atoms with Gasteiger partial charge in [-0.3, -0.25) is 4.79 Å². The molecular weight excluding hydrogens is 594 g/mol. The molecule has 0 spiro atoms. The lowest BCUT2D eigenvalue weighted by atomic mass is 10.1. The van der Waals surface area contributed by atoms with Crippen LogP contribution in [0.3, 0.4) is 0 Å². The number of unbranched alkanes of at least 4 members (excludes halogenated alkanes) is 17. The van der Waals surface area contributed by atoms with Gasteiger partial charge < -0.3 is 18.7 Å². The maximum absolute atomic E-state index is 12.4. The highest BCUT2D eigenvalue weighted by molar-refractivity contribution is 5.69. The third-order valence-corrected chi connectivity index (χ3v) is 9.22. The monoisotopic (exact) mass is 677 g/mol. The molecule has 0 rings (SSSR count). The second-order valence-electron chi connectivity index (χ2n) is 14.0. The molecule has 0 bridgehead atoms. The van der Waals surface area contributed by atoms with Crippen molar-refractivity contribution < 1.29 is 23.5 Å². The Morgan fingerprint density at radius 1 is 0.438 bits per heavy atom. The van der Waals surface area contributed by atoms with Crippen LogP contribution in [0.2, 0.25) is 0 Å². The molecule has 48 heavy (non-hydrogen) atoms. The van der Waals surface area contributed by atoms with Crippen molar-refractivity contribution >= 4 is 5.97 Å². The Bertz CT molecular complexity index is 711. The lowest BCUT2D eigenvalue weighted by Gasteiger charge is -2.34. The van der Waals surface area contributed by atoms with E-state index in [1.807, 2.05) is 0 Å². The molecule has 5 nitrogen and oxygen atoms in total. The molecule has 0 heterocycles. The maximum atomic E-state index is 12.4. The molecule has 0 aliphatic carbocycles. The van der Waals surface area contributed by atoms with Gasteiger partial charge in [-0.05, 0) is 77.0 Å². The highest BCUT2D eigenvalue weighted by Crippen LogP contribution is 2.11. The average Bonchev–Trinajstić information content (AvgIpc) is 3.08. The largest absolute Gasteiger partial charge is 0.460 e. The van der Waals surface area contributed by atoms with Gasteiger partial charge in [0.15, 0.2) is 0 Å².